The number of anilines is 9. The molecule has 9 aromatic rings. The van der Waals surface area contributed by atoms with E-state index in [1.54, 1.807) is 0 Å². The lowest BCUT2D eigenvalue weighted by Crippen LogP contribution is -2.61. The van der Waals surface area contributed by atoms with Crippen molar-refractivity contribution in [2.24, 2.45) is 0 Å². The molecule has 0 radical (unpaired) electrons. The first-order valence-corrected chi connectivity index (χ1v) is 26.3. The highest BCUT2D eigenvalue weighted by Crippen LogP contribution is 2.53. The zero-order valence-corrected chi connectivity index (χ0v) is 44.5. The second-order valence-electron chi connectivity index (χ2n) is 24.3. The van der Waals surface area contributed by atoms with Gasteiger partial charge in [0.1, 0.15) is 0 Å². The van der Waals surface area contributed by atoms with E-state index in [0.29, 0.717) is 0 Å². The fourth-order valence-corrected chi connectivity index (χ4v) is 12.1. The lowest BCUT2D eigenvalue weighted by molar-refractivity contribution is 0.589. The van der Waals surface area contributed by atoms with Crippen LogP contribution in [0.1, 0.15) is 104 Å². The van der Waals surface area contributed by atoms with E-state index in [-0.39, 0.29) is 28.4 Å². The molecule has 0 spiro atoms. The summed E-state index contributed by atoms with van der Waals surface area (Å²) in [7, 11) is 0. The van der Waals surface area contributed by atoms with Gasteiger partial charge in [-0.15, -0.1) is 0 Å². The van der Waals surface area contributed by atoms with Crippen LogP contribution in [0.3, 0.4) is 0 Å². The predicted octanol–water partition coefficient (Wildman–Crippen LogP) is 17.1. The second kappa shape index (κ2) is 16.8. The van der Waals surface area contributed by atoms with Crippen LogP contribution in [0.15, 0.2) is 200 Å². The van der Waals surface area contributed by atoms with E-state index in [2.05, 4.69) is 291 Å². The monoisotopic (exact) mass is 948 g/mol. The molecule has 0 atom stereocenters. The Morgan fingerprint density at radius 3 is 1.62 bits per heavy atom. The van der Waals surface area contributed by atoms with Crippen LogP contribution in [0, 0.1) is 0 Å². The number of rotatable bonds is 6. The van der Waals surface area contributed by atoms with E-state index >= 15 is 0 Å². The third-order valence-electron chi connectivity index (χ3n) is 16.1. The zero-order chi connectivity index (χ0) is 50.8. The van der Waals surface area contributed by atoms with E-state index in [1.807, 2.05) is 0 Å². The van der Waals surface area contributed by atoms with Gasteiger partial charge in [0.2, 0.25) is 0 Å². The Hall–Kier alpha value is -7.56. The molecule has 0 fully saturated rings. The van der Waals surface area contributed by atoms with Crippen molar-refractivity contribution in [1.82, 2.24) is 0 Å². The fourth-order valence-electron chi connectivity index (χ4n) is 12.1. The Bertz CT molecular complexity index is 3610. The van der Waals surface area contributed by atoms with Gasteiger partial charge in [0.15, 0.2) is 0 Å². The number of hydrogen-bond acceptors (Lipinski definition) is 3. The summed E-state index contributed by atoms with van der Waals surface area (Å²) in [6, 6.07) is 76.0. The minimum absolute atomic E-state index is 0.0327. The van der Waals surface area contributed by atoms with Gasteiger partial charge in [0.25, 0.3) is 6.71 Å². The highest BCUT2D eigenvalue weighted by atomic mass is 15.2. The minimum atomic E-state index is -0.179. The minimum Gasteiger partial charge on any atom is -0.311 e. The summed E-state index contributed by atoms with van der Waals surface area (Å²) in [4.78, 5) is 7.68. The van der Waals surface area contributed by atoms with Gasteiger partial charge >= 0.3 is 0 Å². The maximum absolute atomic E-state index is 2.63. The third kappa shape index (κ3) is 7.63. The Balaban J connectivity index is 1.18. The molecule has 4 heteroatoms. The maximum atomic E-state index is 2.63. The maximum Gasteiger partial charge on any atom is 0.252 e. The molecule has 360 valence electrons. The predicted molar refractivity (Wildman–Crippen MR) is 314 cm³/mol. The molecule has 3 nitrogen and oxygen atoms in total. The number of hydrogen-bond donors (Lipinski definition) is 0. The molecule has 73 heavy (non-hydrogen) atoms. The summed E-state index contributed by atoms with van der Waals surface area (Å²) in [5.74, 6) is 0. The molecule has 2 aliphatic heterocycles. The van der Waals surface area contributed by atoms with Gasteiger partial charge in [0.05, 0.1) is 5.69 Å². The van der Waals surface area contributed by atoms with Gasteiger partial charge in [-0.1, -0.05) is 204 Å². The normalized spacial score (nSPS) is 14.3. The van der Waals surface area contributed by atoms with E-state index < -0.39 is 0 Å². The molecular weight excluding hydrogens is 882 g/mol. The quantitative estimate of drug-likeness (QED) is 0.154. The van der Waals surface area contributed by atoms with E-state index in [4.69, 9.17) is 0 Å². The van der Waals surface area contributed by atoms with Crippen LogP contribution in [-0.4, -0.2) is 6.71 Å². The molecule has 0 saturated carbocycles. The van der Waals surface area contributed by atoms with Crippen molar-refractivity contribution >= 4 is 74.3 Å². The van der Waals surface area contributed by atoms with Crippen LogP contribution >= 0.6 is 0 Å². The number of fused-ring (bicyclic) bond motifs is 7. The molecule has 0 amide bonds. The van der Waals surface area contributed by atoms with Crippen molar-refractivity contribution in [1.29, 1.82) is 0 Å². The number of nitrogens with zero attached hydrogens (tertiary/aromatic N) is 3. The summed E-state index contributed by atoms with van der Waals surface area (Å²) >= 11 is 0. The standard InChI is InChI=1S/C69H66BN3/c1-66(2,3)46-30-33-50(34-31-46)72-61-39-32-47(67(4,5)6)40-59(61)70-58-38-36-52(71(49-24-16-13-17-25-49)60-29-21-19-26-53(60)45-22-14-12-15-23-45)44-62(58)73(64-42-48(68(7,8)9)41-63(72)65(64)70)51-35-37-55-54-27-18-20-28-56(54)69(10,11)57(55)43-51/h12-44H,1-11H3. The highest BCUT2D eigenvalue weighted by molar-refractivity contribution is 7.00. The molecule has 9 aromatic carbocycles. The van der Waals surface area contributed by atoms with Crippen LogP contribution in [-0.2, 0) is 21.7 Å². The SMILES string of the molecule is CC(C)(C)c1ccc(N2c3ccc(C(C)(C)C)cc3B3c4ccc(N(c5ccccc5)c5ccccc5-c5ccccc5)cc4N(c4ccc5c(c4)C(C)(C)c4ccccc4-5)c4cc(C(C)(C)C)cc2c43)cc1. The van der Waals surface area contributed by atoms with Crippen molar-refractivity contribution in [2.75, 3.05) is 14.7 Å². The van der Waals surface area contributed by atoms with Gasteiger partial charge in [-0.25, -0.2) is 0 Å². The highest BCUT2D eigenvalue weighted by Gasteiger charge is 2.46. The zero-order valence-electron chi connectivity index (χ0n) is 44.5. The molecule has 0 aromatic heterocycles. The molecule has 12 rings (SSSR count). The topological polar surface area (TPSA) is 9.72 Å². The Labute approximate surface area is 434 Å². The first kappa shape index (κ1) is 46.5. The summed E-state index contributed by atoms with van der Waals surface area (Å²) in [6.45, 7) is 25.8. The summed E-state index contributed by atoms with van der Waals surface area (Å²) < 4.78 is 0. The van der Waals surface area contributed by atoms with Gasteiger partial charge in [-0.2, -0.15) is 0 Å². The Kier molecular flexibility index (Phi) is 10.7. The second-order valence-corrected chi connectivity index (χ2v) is 24.3. The largest absolute Gasteiger partial charge is 0.311 e. The smallest absolute Gasteiger partial charge is 0.252 e. The van der Waals surface area contributed by atoms with Crippen LogP contribution in [0.5, 0.6) is 0 Å². The molecule has 3 aliphatic rings. The van der Waals surface area contributed by atoms with Crippen molar-refractivity contribution in [2.45, 2.75) is 97.8 Å². The van der Waals surface area contributed by atoms with Crippen molar-refractivity contribution in [3.8, 4) is 22.3 Å². The van der Waals surface area contributed by atoms with E-state index in [9.17, 15) is 0 Å². The number of para-hydroxylation sites is 2. The van der Waals surface area contributed by atoms with Gasteiger partial charge in [-0.05, 0) is 150 Å². The van der Waals surface area contributed by atoms with Crippen molar-refractivity contribution < 1.29 is 0 Å². The molecular formula is C69H66BN3. The summed E-state index contributed by atoms with van der Waals surface area (Å²) in [5.41, 5.74) is 25.9. The third-order valence-corrected chi connectivity index (χ3v) is 16.1. The fraction of sp³-hybridized carbons (Fsp3) is 0.217. The van der Waals surface area contributed by atoms with Crippen LogP contribution in [0.4, 0.5) is 51.2 Å². The molecule has 1 aliphatic carbocycles. The Morgan fingerprint density at radius 1 is 0.384 bits per heavy atom. The lowest BCUT2D eigenvalue weighted by Gasteiger charge is -2.46. The average Bonchev–Trinajstić information content (AvgIpc) is 3.61. The van der Waals surface area contributed by atoms with E-state index in [0.717, 1.165) is 22.7 Å². The molecule has 0 N–H and O–H groups in total. The molecule has 0 unspecified atom stereocenters. The van der Waals surface area contributed by atoms with E-state index in [1.165, 1.54) is 94.9 Å². The first-order valence-electron chi connectivity index (χ1n) is 26.3. The van der Waals surface area contributed by atoms with Crippen LogP contribution in [0.25, 0.3) is 22.3 Å². The molecule has 0 bridgehead atoms. The van der Waals surface area contributed by atoms with Gasteiger partial charge in [0, 0.05) is 56.5 Å². The van der Waals surface area contributed by atoms with Crippen LogP contribution < -0.4 is 31.1 Å². The van der Waals surface area contributed by atoms with Crippen molar-refractivity contribution in [3.05, 3.63) is 228 Å². The van der Waals surface area contributed by atoms with Gasteiger partial charge in [-0.3, -0.25) is 0 Å². The number of benzene rings is 9. The lowest BCUT2D eigenvalue weighted by atomic mass is 9.33. The molecule has 2 heterocycles. The summed E-state index contributed by atoms with van der Waals surface area (Å²) in [6.07, 6.45) is 0. The average molecular weight is 948 g/mol. The summed E-state index contributed by atoms with van der Waals surface area (Å²) in [5, 5.41) is 0. The molecule has 0 saturated heterocycles. The van der Waals surface area contributed by atoms with Gasteiger partial charge < -0.3 is 14.7 Å². The first-order chi connectivity index (χ1) is 34.9. The van der Waals surface area contributed by atoms with Crippen LogP contribution in [0.2, 0.25) is 0 Å². The Morgan fingerprint density at radius 2 is 0.945 bits per heavy atom. The van der Waals surface area contributed by atoms with Crippen molar-refractivity contribution in [3.63, 3.8) is 0 Å².